The van der Waals surface area contributed by atoms with E-state index in [0.29, 0.717) is 0 Å². The van der Waals surface area contributed by atoms with Gasteiger partial charge in [-0.1, -0.05) is 6.58 Å². The molecule has 0 fully saturated rings. The van der Waals surface area contributed by atoms with Gasteiger partial charge in [-0.15, -0.1) is 0 Å². The molecule has 2 nitrogen and oxygen atoms in total. The van der Waals surface area contributed by atoms with Crippen LogP contribution in [0.5, 0.6) is 0 Å². The highest BCUT2D eigenvalue weighted by Gasteiger charge is 1.73. The fourth-order valence-electron chi connectivity index (χ4n) is 0. The van der Waals surface area contributed by atoms with Crippen LogP contribution in [0.2, 0.25) is 0 Å². The maximum Gasteiger partial charge on any atom is 0.327 e. The molecule has 2 heteroatoms. The third kappa shape index (κ3) is 3.21. The van der Waals surface area contributed by atoms with Crippen LogP contribution in [0.25, 0.3) is 0 Å². The van der Waals surface area contributed by atoms with E-state index in [-0.39, 0.29) is 0 Å². The minimum Gasteiger partial charge on any atom is -0.478 e. The van der Waals surface area contributed by atoms with Gasteiger partial charge in [0.15, 0.2) is 0 Å². The standard InChI is InChI=1S/C3H4O2/c1-2-3(4)5/h2H,1H2,(H,4,5)/i1+1,2+1,3+1. The molecule has 0 aromatic heterocycles. The van der Waals surface area contributed by atoms with E-state index in [0.717, 1.165) is 6.08 Å². The van der Waals surface area contributed by atoms with E-state index in [1.807, 2.05) is 0 Å². The van der Waals surface area contributed by atoms with Crippen molar-refractivity contribution < 1.29 is 9.90 Å². The van der Waals surface area contributed by atoms with Gasteiger partial charge in [0.1, 0.15) is 0 Å². The highest BCUT2D eigenvalue weighted by molar-refractivity contribution is 5.78. The lowest BCUT2D eigenvalue weighted by Crippen LogP contribution is -1.82. The average molecular weight is 75.0 g/mol. The molecule has 0 radical (unpaired) electrons. The quantitative estimate of drug-likeness (QED) is 0.358. The van der Waals surface area contributed by atoms with Gasteiger partial charge in [-0.05, 0) is 0 Å². The summed E-state index contributed by atoms with van der Waals surface area (Å²) in [5.74, 6) is -0.981. The molecule has 0 spiro atoms. The molecule has 0 aliphatic carbocycles. The van der Waals surface area contributed by atoms with Crippen molar-refractivity contribution in [2.24, 2.45) is 0 Å². The second-order valence-corrected chi connectivity index (χ2v) is 0.542. The van der Waals surface area contributed by atoms with E-state index in [2.05, 4.69) is 6.58 Å². The second-order valence-electron chi connectivity index (χ2n) is 0.542. The van der Waals surface area contributed by atoms with Crippen LogP contribution in [0.1, 0.15) is 0 Å². The molecule has 0 bridgehead atoms. The van der Waals surface area contributed by atoms with Gasteiger partial charge >= 0.3 is 5.97 Å². The largest absolute Gasteiger partial charge is 0.478 e. The van der Waals surface area contributed by atoms with E-state index < -0.39 is 5.97 Å². The van der Waals surface area contributed by atoms with Gasteiger partial charge in [0.05, 0.1) is 0 Å². The monoisotopic (exact) mass is 75.0 g/mol. The molecular formula is C3H4O2. The highest BCUT2D eigenvalue weighted by atomic mass is 16.5. The first-order valence-electron chi connectivity index (χ1n) is 1.12. The number of carboxylic acid groups (broad SMARTS) is 1. The molecule has 0 rings (SSSR count). The summed E-state index contributed by atoms with van der Waals surface area (Å²) in [7, 11) is 0. The number of rotatable bonds is 1. The summed E-state index contributed by atoms with van der Waals surface area (Å²) in [5, 5.41) is 7.60. The first kappa shape index (κ1) is 4.21. The van der Waals surface area contributed by atoms with Crippen molar-refractivity contribution in [2.45, 2.75) is 0 Å². The Labute approximate surface area is 29.7 Å². The normalized spacial score (nSPS) is 6.40. The van der Waals surface area contributed by atoms with Crippen LogP contribution in [0.4, 0.5) is 0 Å². The minimum atomic E-state index is -0.981. The fraction of sp³-hybridized carbons (Fsp3) is 0. The lowest BCUT2D eigenvalue weighted by Gasteiger charge is -1.64. The van der Waals surface area contributed by atoms with E-state index in [1.54, 1.807) is 0 Å². The zero-order valence-corrected chi connectivity index (χ0v) is 2.64. The Kier molecular flexibility index (Phi) is 1.28. The Hall–Kier alpha value is -0.790. The average Bonchev–Trinajstić information content (AvgIpc) is 1.38. The summed E-state index contributed by atoms with van der Waals surface area (Å²) in [6.07, 6.45) is 0.833. The number of hydrogen-bond acceptors (Lipinski definition) is 1. The second kappa shape index (κ2) is 1.52. The predicted octanol–water partition coefficient (Wildman–Crippen LogP) is 0.257. The van der Waals surface area contributed by atoms with Gasteiger partial charge in [-0.3, -0.25) is 0 Å². The summed E-state index contributed by atoms with van der Waals surface area (Å²) in [5.41, 5.74) is 0. The van der Waals surface area contributed by atoms with E-state index in [1.165, 1.54) is 0 Å². The molecule has 5 heavy (non-hydrogen) atoms. The summed E-state index contributed by atoms with van der Waals surface area (Å²) in [6.45, 7) is 2.96. The van der Waals surface area contributed by atoms with E-state index in [9.17, 15) is 4.79 Å². The van der Waals surface area contributed by atoms with Crippen LogP contribution in [-0.4, -0.2) is 11.1 Å². The highest BCUT2D eigenvalue weighted by Crippen LogP contribution is 1.54. The van der Waals surface area contributed by atoms with Crippen LogP contribution < -0.4 is 0 Å². The van der Waals surface area contributed by atoms with Gasteiger partial charge < -0.3 is 5.11 Å². The third-order valence-corrected chi connectivity index (χ3v) is 0.175. The molecule has 0 unspecified atom stereocenters. The molecule has 0 aromatic carbocycles. The van der Waals surface area contributed by atoms with Crippen molar-refractivity contribution in [2.75, 3.05) is 0 Å². The summed E-state index contributed by atoms with van der Waals surface area (Å²) >= 11 is 0. The van der Waals surface area contributed by atoms with Crippen molar-refractivity contribution in [3.05, 3.63) is 12.7 Å². The van der Waals surface area contributed by atoms with Gasteiger partial charge in [0.2, 0.25) is 0 Å². The third-order valence-electron chi connectivity index (χ3n) is 0.175. The predicted molar refractivity (Wildman–Crippen MR) is 17.8 cm³/mol. The Morgan fingerprint density at radius 2 is 2.20 bits per heavy atom. The van der Waals surface area contributed by atoms with Gasteiger partial charge in [-0.2, -0.15) is 0 Å². The van der Waals surface area contributed by atoms with Crippen molar-refractivity contribution in [1.29, 1.82) is 0 Å². The molecule has 1 N–H and O–H groups in total. The summed E-state index contributed by atoms with van der Waals surface area (Å²) < 4.78 is 0. The van der Waals surface area contributed by atoms with Crippen molar-refractivity contribution in [3.8, 4) is 0 Å². The zero-order valence-electron chi connectivity index (χ0n) is 2.64. The zero-order chi connectivity index (χ0) is 4.28. The van der Waals surface area contributed by atoms with E-state index >= 15 is 0 Å². The smallest absolute Gasteiger partial charge is 0.327 e. The van der Waals surface area contributed by atoms with Gasteiger partial charge in [-0.25, -0.2) is 4.79 Å². The van der Waals surface area contributed by atoms with E-state index in [4.69, 9.17) is 5.11 Å². The first-order valence-corrected chi connectivity index (χ1v) is 1.12. The Morgan fingerprint density at radius 1 is 2.00 bits per heavy atom. The molecule has 0 aliphatic heterocycles. The van der Waals surface area contributed by atoms with Crippen molar-refractivity contribution in [3.63, 3.8) is 0 Å². The van der Waals surface area contributed by atoms with Crippen LogP contribution in [0.15, 0.2) is 12.7 Å². The minimum absolute atomic E-state index is 0.833. The van der Waals surface area contributed by atoms with Gasteiger partial charge in [0.25, 0.3) is 0 Å². The molecular weight excluding hydrogens is 71.0 g/mol. The Balaban J connectivity index is 3.20. The van der Waals surface area contributed by atoms with Crippen molar-refractivity contribution in [1.82, 2.24) is 0 Å². The first-order chi connectivity index (χ1) is 2.27. The fourth-order valence-corrected chi connectivity index (χ4v) is 0. The maximum absolute atomic E-state index is 9.25. The lowest BCUT2D eigenvalue weighted by atomic mass is 11.6. The lowest BCUT2D eigenvalue weighted by molar-refractivity contribution is -0.131. The number of aliphatic carboxylic acids is 1. The van der Waals surface area contributed by atoms with Crippen LogP contribution >= 0.6 is 0 Å². The molecule has 0 aromatic rings. The molecule has 0 atom stereocenters. The van der Waals surface area contributed by atoms with Crippen LogP contribution in [0, 0.1) is 0 Å². The Morgan fingerprint density at radius 3 is 2.20 bits per heavy atom. The molecule has 0 aliphatic rings. The summed E-state index contributed by atoms with van der Waals surface area (Å²) in [6, 6.07) is 0. The summed E-state index contributed by atoms with van der Waals surface area (Å²) in [4.78, 5) is 9.25. The van der Waals surface area contributed by atoms with Gasteiger partial charge in [0, 0.05) is 6.08 Å². The van der Waals surface area contributed by atoms with Crippen LogP contribution in [-0.2, 0) is 4.79 Å². The van der Waals surface area contributed by atoms with Crippen molar-refractivity contribution >= 4 is 5.97 Å². The maximum atomic E-state index is 9.25. The topological polar surface area (TPSA) is 37.3 Å². The SMILES string of the molecule is [13CH2]=[13CH][13C](=O)O. The molecule has 0 saturated carbocycles. The number of carbonyl (C=O) groups is 1. The molecule has 0 saturated heterocycles. The number of carboxylic acids is 1. The molecule has 0 heterocycles. The Bertz CT molecular complexity index is 55.9. The molecule has 0 amide bonds. The molecule has 28 valence electrons. The number of hydrogen-bond donors (Lipinski definition) is 1. The van der Waals surface area contributed by atoms with Crippen LogP contribution in [0.3, 0.4) is 0 Å².